The molecule has 4 unspecified atom stereocenters. The van der Waals surface area contributed by atoms with E-state index in [1.54, 1.807) is 11.1 Å². The molecule has 3 aliphatic carbocycles. The minimum absolute atomic E-state index is 0.376. The Morgan fingerprint density at radius 1 is 1.29 bits per heavy atom. The lowest BCUT2D eigenvalue weighted by atomic mass is 9.46. The van der Waals surface area contributed by atoms with Crippen LogP contribution < -0.4 is 5.73 Å². The zero-order valence-electron chi connectivity index (χ0n) is 14.4. The third-order valence-electron chi connectivity index (χ3n) is 7.14. The van der Waals surface area contributed by atoms with Crippen LogP contribution in [0, 0.1) is 28.6 Å². The van der Waals surface area contributed by atoms with Crippen LogP contribution in [0.2, 0.25) is 0 Å². The van der Waals surface area contributed by atoms with E-state index in [2.05, 4.69) is 39.8 Å². The second kappa shape index (κ2) is 5.26. The summed E-state index contributed by atoms with van der Waals surface area (Å²) in [7, 11) is 0. The van der Waals surface area contributed by atoms with Gasteiger partial charge in [-0.05, 0) is 72.8 Å². The lowest BCUT2D eigenvalue weighted by Crippen LogP contribution is -2.53. The van der Waals surface area contributed by atoms with E-state index in [1.807, 2.05) is 0 Å². The van der Waals surface area contributed by atoms with Crippen molar-refractivity contribution in [2.45, 2.75) is 66.2 Å². The van der Waals surface area contributed by atoms with Crippen molar-refractivity contribution in [3.63, 3.8) is 0 Å². The molecular weight excluding hydrogens is 254 g/mol. The quantitative estimate of drug-likeness (QED) is 0.753. The Kier molecular flexibility index (Phi) is 3.84. The first-order valence-corrected chi connectivity index (χ1v) is 9.01. The third-order valence-corrected chi connectivity index (χ3v) is 7.14. The monoisotopic (exact) mass is 287 g/mol. The maximum absolute atomic E-state index is 6.21. The van der Waals surface area contributed by atoms with Crippen molar-refractivity contribution in [2.24, 2.45) is 34.3 Å². The number of rotatable bonds is 2. The van der Waals surface area contributed by atoms with E-state index < -0.39 is 0 Å². The molecular formula is C20H33N. The van der Waals surface area contributed by atoms with Gasteiger partial charge in [0.25, 0.3) is 0 Å². The van der Waals surface area contributed by atoms with Crippen molar-refractivity contribution in [2.75, 3.05) is 6.54 Å². The first kappa shape index (κ1) is 15.3. The van der Waals surface area contributed by atoms with Gasteiger partial charge in [-0.2, -0.15) is 0 Å². The van der Waals surface area contributed by atoms with Crippen LogP contribution in [0.5, 0.6) is 0 Å². The second-order valence-electron chi connectivity index (χ2n) is 8.68. The molecule has 0 saturated heterocycles. The predicted octanol–water partition coefficient (Wildman–Crippen LogP) is 5.08. The van der Waals surface area contributed by atoms with Gasteiger partial charge in [-0.25, -0.2) is 0 Å². The minimum atomic E-state index is 0.376. The molecule has 0 aromatic carbocycles. The van der Waals surface area contributed by atoms with E-state index in [0.29, 0.717) is 16.7 Å². The van der Waals surface area contributed by atoms with Crippen LogP contribution in [0.1, 0.15) is 66.2 Å². The lowest BCUT2D eigenvalue weighted by molar-refractivity contribution is -0.0564. The highest BCUT2D eigenvalue weighted by atomic mass is 14.7. The molecule has 0 aromatic heterocycles. The van der Waals surface area contributed by atoms with Crippen LogP contribution in [0.25, 0.3) is 0 Å². The first-order chi connectivity index (χ1) is 9.90. The molecule has 2 saturated carbocycles. The standard InChI is InChI=1S/C20H33N/c1-14(2)15-6-8-17-16(12-15)7-9-18-19(3,13-21)10-5-11-20(17,18)4/h6,12,14,17-18H,5,7-11,13,21H2,1-4H3. The van der Waals surface area contributed by atoms with E-state index in [9.17, 15) is 0 Å². The average Bonchev–Trinajstić information content (AvgIpc) is 2.46. The van der Waals surface area contributed by atoms with Crippen molar-refractivity contribution >= 4 is 0 Å². The highest BCUT2D eigenvalue weighted by Gasteiger charge is 2.54. The zero-order chi connectivity index (χ0) is 15.3. The Morgan fingerprint density at radius 3 is 2.71 bits per heavy atom. The van der Waals surface area contributed by atoms with Crippen molar-refractivity contribution in [1.29, 1.82) is 0 Å². The van der Waals surface area contributed by atoms with Crippen LogP contribution in [0.4, 0.5) is 0 Å². The molecule has 0 heterocycles. The van der Waals surface area contributed by atoms with E-state index >= 15 is 0 Å². The van der Waals surface area contributed by atoms with Crippen LogP contribution >= 0.6 is 0 Å². The summed E-state index contributed by atoms with van der Waals surface area (Å²) in [6.07, 6.45) is 13.1. The summed E-state index contributed by atoms with van der Waals surface area (Å²) in [5.41, 5.74) is 10.4. The summed E-state index contributed by atoms with van der Waals surface area (Å²) in [4.78, 5) is 0. The number of fused-ring (bicyclic) bond motifs is 3. The molecule has 3 rings (SSSR count). The number of nitrogens with two attached hydrogens (primary N) is 1. The molecule has 1 heteroatoms. The van der Waals surface area contributed by atoms with E-state index in [0.717, 1.165) is 18.4 Å². The molecule has 3 aliphatic rings. The van der Waals surface area contributed by atoms with E-state index in [-0.39, 0.29) is 0 Å². The fraction of sp³-hybridized carbons (Fsp3) is 0.800. The summed E-state index contributed by atoms with van der Waals surface area (Å²) in [6, 6.07) is 0. The smallest absolute Gasteiger partial charge is 0.00203 e. The molecule has 118 valence electrons. The molecule has 2 fully saturated rings. The normalized spacial score (nSPS) is 43.0. The molecule has 1 nitrogen and oxygen atoms in total. The summed E-state index contributed by atoms with van der Waals surface area (Å²) >= 11 is 0. The van der Waals surface area contributed by atoms with Crippen molar-refractivity contribution in [3.8, 4) is 0 Å². The number of hydrogen-bond acceptors (Lipinski definition) is 1. The third kappa shape index (κ3) is 2.32. The van der Waals surface area contributed by atoms with Gasteiger partial charge in [0.05, 0.1) is 0 Å². The molecule has 0 spiro atoms. The zero-order valence-corrected chi connectivity index (χ0v) is 14.4. The Balaban J connectivity index is 1.92. The summed E-state index contributed by atoms with van der Waals surface area (Å²) in [5, 5.41) is 0. The van der Waals surface area contributed by atoms with Crippen molar-refractivity contribution in [1.82, 2.24) is 0 Å². The van der Waals surface area contributed by atoms with Gasteiger partial charge in [0.2, 0.25) is 0 Å². The fourth-order valence-corrected chi connectivity index (χ4v) is 5.79. The fourth-order valence-electron chi connectivity index (χ4n) is 5.79. The predicted molar refractivity (Wildman–Crippen MR) is 91.0 cm³/mol. The molecule has 0 bridgehead atoms. The molecule has 4 atom stereocenters. The van der Waals surface area contributed by atoms with Gasteiger partial charge in [-0.3, -0.25) is 0 Å². The Bertz CT molecular complexity index is 472. The van der Waals surface area contributed by atoms with Crippen LogP contribution in [0.15, 0.2) is 23.3 Å². The SMILES string of the molecule is CC(C)C1=CCC2C(=C1)CCC1C(C)(CN)CCCC21C. The van der Waals surface area contributed by atoms with Crippen LogP contribution in [-0.2, 0) is 0 Å². The second-order valence-corrected chi connectivity index (χ2v) is 8.68. The number of hydrogen-bond donors (Lipinski definition) is 1. The summed E-state index contributed by atoms with van der Waals surface area (Å²) in [5.74, 6) is 2.27. The van der Waals surface area contributed by atoms with Gasteiger partial charge >= 0.3 is 0 Å². The van der Waals surface area contributed by atoms with Gasteiger partial charge in [0.15, 0.2) is 0 Å². The number of allylic oxidation sites excluding steroid dienone is 4. The Hall–Kier alpha value is -0.560. The van der Waals surface area contributed by atoms with Gasteiger partial charge in [-0.15, -0.1) is 0 Å². The largest absolute Gasteiger partial charge is 0.330 e. The Morgan fingerprint density at radius 2 is 2.05 bits per heavy atom. The van der Waals surface area contributed by atoms with Crippen molar-refractivity contribution < 1.29 is 0 Å². The van der Waals surface area contributed by atoms with Crippen LogP contribution in [0.3, 0.4) is 0 Å². The maximum atomic E-state index is 6.21. The highest BCUT2D eigenvalue weighted by Crippen LogP contribution is 2.62. The molecule has 0 aliphatic heterocycles. The van der Waals surface area contributed by atoms with Crippen LogP contribution in [-0.4, -0.2) is 6.54 Å². The maximum Gasteiger partial charge on any atom is -0.00203 e. The molecule has 2 N–H and O–H groups in total. The van der Waals surface area contributed by atoms with Gasteiger partial charge in [-0.1, -0.05) is 51.8 Å². The average molecular weight is 287 g/mol. The van der Waals surface area contributed by atoms with E-state index in [1.165, 1.54) is 38.5 Å². The molecule has 21 heavy (non-hydrogen) atoms. The van der Waals surface area contributed by atoms with E-state index in [4.69, 9.17) is 5.73 Å². The highest BCUT2D eigenvalue weighted by molar-refractivity contribution is 5.34. The molecule has 0 aromatic rings. The first-order valence-electron chi connectivity index (χ1n) is 9.01. The Labute approximate surface area is 131 Å². The molecule has 0 radical (unpaired) electrons. The van der Waals surface area contributed by atoms with Gasteiger partial charge in [0.1, 0.15) is 0 Å². The van der Waals surface area contributed by atoms with Gasteiger partial charge < -0.3 is 5.73 Å². The molecule has 0 amide bonds. The summed E-state index contributed by atoms with van der Waals surface area (Å²) < 4.78 is 0. The topological polar surface area (TPSA) is 26.0 Å². The minimum Gasteiger partial charge on any atom is -0.330 e. The lowest BCUT2D eigenvalue weighted by Gasteiger charge is -2.59. The van der Waals surface area contributed by atoms with Crippen molar-refractivity contribution in [3.05, 3.63) is 23.3 Å². The summed E-state index contributed by atoms with van der Waals surface area (Å²) in [6.45, 7) is 10.6. The van der Waals surface area contributed by atoms with Gasteiger partial charge in [0, 0.05) is 0 Å².